The van der Waals surface area contributed by atoms with Crippen LogP contribution in [0.25, 0.3) is 11.4 Å². The molecule has 0 aliphatic carbocycles. The lowest BCUT2D eigenvalue weighted by Crippen LogP contribution is -2.32. The first-order valence-corrected chi connectivity index (χ1v) is 11.2. The molecule has 1 radical (unpaired) electrons. The van der Waals surface area contributed by atoms with E-state index in [0.717, 1.165) is 23.5 Å². The highest BCUT2D eigenvalue weighted by Gasteiger charge is 2.13. The van der Waals surface area contributed by atoms with Gasteiger partial charge in [-0.3, -0.25) is 0 Å². The van der Waals surface area contributed by atoms with Gasteiger partial charge in [0.1, 0.15) is 55.0 Å². The van der Waals surface area contributed by atoms with Crippen molar-refractivity contribution in [3.8, 4) is 17.1 Å². The van der Waals surface area contributed by atoms with Crippen molar-refractivity contribution in [1.29, 1.82) is 0 Å². The molecule has 0 unspecified atom stereocenters. The monoisotopic (exact) mass is 449 g/mol. The minimum Gasteiger partial charge on any atom is -0.537 e. The van der Waals surface area contributed by atoms with E-state index in [2.05, 4.69) is 92.4 Å². The molecule has 0 aliphatic rings. The van der Waals surface area contributed by atoms with E-state index in [1.165, 1.54) is 11.1 Å². The highest BCUT2D eigenvalue weighted by Crippen LogP contribution is 2.18. The molecule has 3 aromatic carbocycles. The SMILES string of the molecule is Cc1ccccc1C[n+]1ccn(-c2cccc(-n3cc[n+](Cc4ccccc4O[B]O)c3)c2)c1. The van der Waals surface area contributed by atoms with E-state index in [0.29, 0.717) is 20.0 Å². The molecule has 7 heteroatoms. The molecular formula is C27H26BN4O2+2. The molecule has 1 N–H and O–H groups in total. The van der Waals surface area contributed by atoms with Gasteiger partial charge < -0.3 is 9.68 Å². The molecule has 167 valence electrons. The number of benzene rings is 3. The zero-order valence-electron chi connectivity index (χ0n) is 19.0. The molecule has 0 amide bonds. The van der Waals surface area contributed by atoms with Crippen LogP contribution < -0.4 is 13.8 Å². The van der Waals surface area contributed by atoms with Gasteiger partial charge in [0.2, 0.25) is 12.7 Å². The van der Waals surface area contributed by atoms with Gasteiger partial charge in [-0.25, -0.2) is 18.3 Å². The summed E-state index contributed by atoms with van der Waals surface area (Å²) in [6, 6.07) is 24.6. The molecule has 34 heavy (non-hydrogen) atoms. The number of nitrogens with zero attached hydrogens (tertiary/aromatic N) is 4. The van der Waals surface area contributed by atoms with E-state index < -0.39 is 0 Å². The summed E-state index contributed by atoms with van der Waals surface area (Å²) in [7, 11) is 0.714. The fraction of sp³-hybridized carbons (Fsp3) is 0.111. The molecule has 6 nitrogen and oxygen atoms in total. The van der Waals surface area contributed by atoms with Crippen LogP contribution in [0.4, 0.5) is 0 Å². The lowest BCUT2D eigenvalue weighted by atomic mass is 10.1. The molecule has 0 fully saturated rings. The Morgan fingerprint density at radius 3 is 2.00 bits per heavy atom. The van der Waals surface area contributed by atoms with Gasteiger partial charge >= 0.3 is 7.69 Å². The van der Waals surface area contributed by atoms with Crippen LogP contribution in [0.5, 0.6) is 5.75 Å². The van der Waals surface area contributed by atoms with Gasteiger partial charge in [0, 0.05) is 11.6 Å². The van der Waals surface area contributed by atoms with Crippen LogP contribution >= 0.6 is 0 Å². The number of rotatable bonds is 8. The molecule has 0 bridgehead atoms. The van der Waals surface area contributed by atoms with E-state index in [1.54, 1.807) is 0 Å². The fourth-order valence-electron chi connectivity index (χ4n) is 4.08. The molecule has 0 saturated carbocycles. The quantitative estimate of drug-likeness (QED) is 0.292. The molecule has 0 spiro atoms. The summed E-state index contributed by atoms with van der Waals surface area (Å²) in [6.07, 6.45) is 12.4. The predicted octanol–water partition coefficient (Wildman–Crippen LogP) is 3.15. The maximum absolute atomic E-state index is 9.01. The van der Waals surface area contributed by atoms with Gasteiger partial charge in [-0.1, -0.05) is 48.5 Å². The highest BCUT2D eigenvalue weighted by atomic mass is 16.5. The Hall–Kier alpha value is -4.10. The fourth-order valence-corrected chi connectivity index (χ4v) is 4.08. The van der Waals surface area contributed by atoms with Crippen LogP contribution in [0.3, 0.4) is 0 Å². The standard InChI is InChI=1S/C27H26BN4O2/c1-22-7-2-3-8-23(22)18-29-13-15-31(20-29)25-10-6-11-26(17-25)32-16-14-30(21-32)19-24-9-4-5-12-27(24)34-28-33/h2-17,20-21,33H,18-19H2,1H3/q+2. The number of para-hydroxylation sites is 1. The first-order chi connectivity index (χ1) is 16.7. The normalized spacial score (nSPS) is 10.9. The highest BCUT2D eigenvalue weighted by molar-refractivity contribution is 6.17. The lowest BCUT2D eigenvalue weighted by molar-refractivity contribution is -0.687. The van der Waals surface area contributed by atoms with Crippen molar-refractivity contribution in [3.63, 3.8) is 0 Å². The van der Waals surface area contributed by atoms with Crippen LogP contribution in [0.15, 0.2) is 110 Å². The van der Waals surface area contributed by atoms with E-state index in [1.807, 2.05) is 43.0 Å². The Kier molecular flexibility index (Phi) is 6.27. The Labute approximate surface area is 199 Å². The average Bonchev–Trinajstić information content (AvgIpc) is 3.52. The number of aryl methyl sites for hydroxylation is 1. The largest absolute Gasteiger partial charge is 0.569 e. The van der Waals surface area contributed by atoms with E-state index >= 15 is 0 Å². The van der Waals surface area contributed by atoms with E-state index in [-0.39, 0.29) is 0 Å². The summed E-state index contributed by atoms with van der Waals surface area (Å²) >= 11 is 0. The molecule has 2 aromatic heterocycles. The number of aromatic nitrogens is 4. The smallest absolute Gasteiger partial charge is 0.537 e. The molecule has 0 saturated heterocycles. The van der Waals surface area contributed by atoms with Crippen LogP contribution in [-0.4, -0.2) is 21.8 Å². The van der Waals surface area contributed by atoms with Gasteiger partial charge in [-0.15, -0.1) is 0 Å². The van der Waals surface area contributed by atoms with Gasteiger partial charge in [0.25, 0.3) is 0 Å². The van der Waals surface area contributed by atoms with Crippen molar-refractivity contribution in [2.45, 2.75) is 20.0 Å². The van der Waals surface area contributed by atoms with Gasteiger partial charge in [-0.05, 0) is 36.2 Å². The molecule has 0 aliphatic heterocycles. The second kappa shape index (κ2) is 9.81. The Bertz CT molecular complexity index is 1410. The topological polar surface area (TPSA) is 47.1 Å². The summed E-state index contributed by atoms with van der Waals surface area (Å²) in [5.41, 5.74) is 5.77. The molecule has 2 heterocycles. The van der Waals surface area contributed by atoms with Gasteiger partial charge in [-0.2, -0.15) is 0 Å². The Morgan fingerprint density at radius 2 is 1.35 bits per heavy atom. The van der Waals surface area contributed by atoms with Gasteiger partial charge in [0.05, 0.1) is 0 Å². The third-order valence-electron chi connectivity index (χ3n) is 5.93. The third-order valence-corrected chi connectivity index (χ3v) is 5.93. The summed E-state index contributed by atoms with van der Waals surface area (Å²) in [5, 5.41) is 9.01. The zero-order chi connectivity index (χ0) is 23.3. The first-order valence-electron chi connectivity index (χ1n) is 11.2. The van der Waals surface area contributed by atoms with Crippen molar-refractivity contribution in [1.82, 2.24) is 9.13 Å². The molecule has 0 atom stereocenters. The first kappa shape index (κ1) is 21.7. The van der Waals surface area contributed by atoms with Crippen LogP contribution in [0.1, 0.15) is 16.7 Å². The van der Waals surface area contributed by atoms with E-state index in [4.69, 9.17) is 9.68 Å². The van der Waals surface area contributed by atoms with Gasteiger partial charge in [0.15, 0.2) is 0 Å². The number of imidazole rings is 2. The second-order valence-corrected chi connectivity index (χ2v) is 8.26. The second-order valence-electron chi connectivity index (χ2n) is 8.26. The van der Waals surface area contributed by atoms with Crippen molar-refractivity contribution < 1.29 is 18.8 Å². The molecule has 5 rings (SSSR count). The Balaban J connectivity index is 1.34. The average molecular weight is 449 g/mol. The minimum atomic E-state index is 0.632. The number of hydrogen-bond acceptors (Lipinski definition) is 2. The predicted molar refractivity (Wildman–Crippen MR) is 130 cm³/mol. The van der Waals surface area contributed by atoms with E-state index in [9.17, 15) is 0 Å². The molecule has 5 aromatic rings. The summed E-state index contributed by atoms with van der Waals surface area (Å²) in [6.45, 7) is 3.62. The van der Waals surface area contributed by atoms with Crippen LogP contribution in [0.2, 0.25) is 0 Å². The maximum Gasteiger partial charge on any atom is 0.569 e. The lowest BCUT2D eigenvalue weighted by Gasteiger charge is -2.07. The van der Waals surface area contributed by atoms with Crippen molar-refractivity contribution in [2.75, 3.05) is 0 Å². The maximum atomic E-state index is 9.01. The Morgan fingerprint density at radius 1 is 0.765 bits per heavy atom. The number of hydrogen-bond donors (Lipinski definition) is 1. The van der Waals surface area contributed by atoms with Crippen LogP contribution in [0, 0.1) is 6.92 Å². The summed E-state index contributed by atoms with van der Waals surface area (Å²) < 4.78 is 13.7. The van der Waals surface area contributed by atoms with Crippen LogP contribution in [-0.2, 0) is 13.1 Å². The minimum absolute atomic E-state index is 0.632. The third kappa shape index (κ3) is 4.80. The summed E-state index contributed by atoms with van der Waals surface area (Å²) in [5.74, 6) is 0.638. The molecular weight excluding hydrogens is 423 g/mol. The van der Waals surface area contributed by atoms with Crippen molar-refractivity contribution in [3.05, 3.63) is 127 Å². The zero-order valence-corrected chi connectivity index (χ0v) is 19.0. The van der Waals surface area contributed by atoms with Crippen molar-refractivity contribution >= 4 is 7.69 Å². The summed E-state index contributed by atoms with van der Waals surface area (Å²) in [4.78, 5) is 0. The van der Waals surface area contributed by atoms with Crippen molar-refractivity contribution in [2.24, 2.45) is 0 Å².